The number of ether oxygens (including phenoxy) is 2. The van der Waals surface area contributed by atoms with E-state index in [1.165, 1.54) is 39.4 Å². The molecule has 0 aliphatic carbocycles. The third kappa shape index (κ3) is 5.24. The van der Waals surface area contributed by atoms with Crippen LogP contribution in [0.1, 0.15) is 19.6 Å². The van der Waals surface area contributed by atoms with Gasteiger partial charge in [-0.1, -0.05) is 5.16 Å². The van der Waals surface area contributed by atoms with Crippen LogP contribution in [-0.2, 0) is 33.5 Å². The SMILES string of the molecule is CO/N=C(\C(=O)N[C@@H]1C(=O)N2C(C(=O)O)=C(COC(N)=O)C(C(C)OC(C)=O)S[C@H]12)c1ccco1. The van der Waals surface area contributed by atoms with Crippen LogP contribution in [0.4, 0.5) is 4.79 Å². The fraction of sp³-hybridized carbons (Fsp3) is 0.400. The van der Waals surface area contributed by atoms with Crippen LogP contribution in [0.15, 0.2) is 39.2 Å². The van der Waals surface area contributed by atoms with Crippen molar-refractivity contribution in [3.8, 4) is 0 Å². The number of primary amides is 1. The van der Waals surface area contributed by atoms with E-state index in [1.807, 2.05) is 0 Å². The van der Waals surface area contributed by atoms with Gasteiger partial charge in [-0.15, -0.1) is 11.8 Å². The zero-order valence-corrected chi connectivity index (χ0v) is 19.6. The maximum absolute atomic E-state index is 12.9. The highest BCUT2D eigenvalue weighted by atomic mass is 32.2. The first-order valence-electron chi connectivity index (χ1n) is 10.1. The molecule has 35 heavy (non-hydrogen) atoms. The first-order chi connectivity index (χ1) is 16.6. The minimum absolute atomic E-state index is 0.0154. The van der Waals surface area contributed by atoms with Crippen LogP contribution in [0.3, 0.4) is 0 Å². The van der Waals surface area contributed by atoms with E-state index in [9.17, 15) is 29.1 Å². The number of β-lactam (4-membered cyclic amide) rings is 1. The Morgan fingerprint density at radius 3 is 2.63 bits per heavy atom. The van der Waals surface area contributed by atoms with Crippen molar-refractivity contribution in [3.63, 3.8) is 0 Å². The Labute approximate surface area is 202 Å². The Hall–Kier alpha value is -4.01. The number of nitrogens with one attached hydrogen (secondary N) is 1. The number of hydrogen-bond acceptors (Lipinski definition) is 11. The average Bonchev–Trinajstić information content (AvgIpc) is 3.32. The molecule has 15 heteroatoms. The standard InChI is InChI=1S/C20H22N4O10S/c1-8(34-9(2)25)15-10(7-33-20(21)30)14(19(28)29)24-17(27)13(18(24)35-15)22-16(26)12(23-31-3)11-5-4-6-32-11/h4-6,8,13,15,18H,7H2,1-3H3,(H2,21,30)(H,22,26)(H,28,29)/b23-12-/t8?,13-,15?,18-/m1/s1. The number of oxime groups is 1. The highest BCUT2D eigenvalue weighted by molar-refractivity contribution is 8.01. The van der Waals surface area contributed by atoms with E-state index in [-0.39, 0.29) is 17.0 Å². The molecule has 3 rings (SSSR count). The summed E-state index contributed by atoms with van der Waals surface area (Å²) in [6.45, 7) is 2.16. The second kappa shape index (κ2) is 10.5. The topological polar surface area (TPSA) is 200 Å². The third-order valence-electron chi connectivity index (χ3n) is 5.01. The van der Waals surface area contributed by atoms with Crippen LogP contribution in [-0.4, -0.2) is 82.1 Å². The monoisotopic (exact) mass is 510 g/mol. The highest BCUT2D eigenvalue weighted by Gasteiger charge is 2.57. The number of furan rings is 1. The molecule has 2 aliphatic heterocycles. The van der Waals surface area contributed by atoms with E-state index < -0.39 is 64.9 Å². The Kier molecular flexibility index (Phi) is 7.68. The van der Waals surface area contributed by atoms with Crippen LogP contribution in [0.5, 0.6) is 0 Å². The molecule has 188 valence electrons. The number of hydrogen-bond donors (Lipinski definition) is 3. The lowest BCUT2D eigenvalue weighted by Gasteiger charge is -2.51. The summed E-state index contributed by atoms with van der Waals surface area (Å²) in [5.74, 6) is -3.54. The summed E-state index contributed by atoms with van der Waals surface area (Å²) >= 11 is 1.05. The summed E-state index contributed by atoms with van der Waals surface area (Å²) in [7, 11) is 1.23. The first kappa shape index (κ1) is 25.6. The van der Waals surface area contributed by atoms with Gasteiger partial charge in [0.15, 0.2) is 5.76 Å². The number of nitrogens with two attached hydrogens (primary N) is 1. The van der Waals surface area contributed by atoms with Crippen molar-refractivity contribution in [1.82, 2.24) is 10.2 Å². The quantitative estimate of drug-likeness (QED) is 0.172. The minimum atomic E-state index is -1.48. The molecule has 3 amide bonds. The van der Waals surface area contributed by atoms with Gasteiger partial charge >= 0.3 is 18.0 Å². The van der Waals surface area contributed by atoms with Gasteiger partial charge in [-0.2, -0.15) is 0 Å². The van der Waals surface area contributed by atoms with Gasteiger partial charge in [0.2, 0.25) is 5.71 Å². The molecule has 0 bridgehead atoms. The molecular formula is C20H22N4O10S. The Bertz CT molecular complexity index is 1100. The lowest BCUT2D eigenvalue weighted by molar-refractivity contribution is -0.150. The summed E-state index contributed by atoms with van der Waals surface area (Å²) < 4.78 is 15.2. The minimum Gasteiger partial charge on any atom is -0.477 e. The number of carboxylic acids is 1. The van der Waals surface area contributed by atoms with Crippen molar-refractivity contribution >= 4 is 47.3 Å². The maximum atomic E-state index is 12.9. The summed E-state index contributed by atoms with van der Waals surface area (Å²) in [6.07, 6.45) is -0.709. The molecule has 14 nitrogen and oxygen atoms in total. The van der Waals surface area contributed by atoms with Crippen molar-refractivity contribution in [2.24, 2.45) is 10.9 Å². The molecular weight excluding hydrogens is 488 g/mol. The molecule has 1 aromatic heterocycles. The average molecular weight is 510 g/mol. The number of amides is 3. The molecule has 1 aromatic rings. The van der Waals surface area contributed by atoms with Crippen LogP contribution in [0.2, 0.25) is 0 Å². The van der Waals surface area contributed by atoms with Gasteiger partial charge in [0.05, 0.1) is 11.5 Å². The summed E-state index contributed by atoms with van der Waals surface area (Å²) in [5, 5.41) is 14.3. The van der Waals surface area contributed by atoms with Gasteiger partial charge in [-0.25, -0.2) is 9.59 Å². The lowest BCUT2D eigenvalue weighted by Crippen LogP contribution is -2.72. The number of carboxylic acid groups (broad SMARTS) is 1. The number of rotatable bonds is 9. The van der Waals surface area contributed by atoms with Crippen molar-refractivity contribution in [3.05, 3.63) is 35.4 Å². The molecule has 0 radical (unpaired) electrons. The van der Waals surface area contributed by atoms with Crippen molar-refractivity contribution in [1.29, 1.82) is 0 Å². The van der Waals surface area contributed by atoms with Gasteiger partial charge in [0.25, 0.3) is 11.8 Å². The fourth-order valence-corrected chi connectivity index (χ4v) is 5.26. The molecule has 0 spiro atoms. The lowest BCUT2D eigenvalue weighted by atomic mass is 9.98. The number of nitrogens with zero attached hydrogens (tertiary/aromatic N) is 2. The Balaban J connectivity index is 1.93. The van der Waals surface area contributed by atoms with Crippen LogP contribution < -0.4 is 11.1 Å². The van der Waals surface area contributed by atoms with Crippen LogP contribution >= 0.6 is 11.8 Å². The van der Waals surface area contributed by atoms with Gasteiger partial charge in [0.1, 0.15) is 36.9 Å². The van der Waals surface area contributed by atoms with Gasteiger partial charge in [-0.3, -0.25) is 19.3 Å². The predicted octanol–water partition coefficient (Wildman–Crippen LogP) is -0.216. The summed E-state index contributed by atoms with van der Waals surface area (Å²) in [4.78, 5) is 66.3. The van der Waals surface area contributed by atoms with Gasteiger partial charge in [-0.05, 0) is 19.1 Å². The molecule has 4 N–H and O–H groups in total. The predicted molar refractivity (Wildman–Crippen MR) is 118 cm³/mol. The molecule has 3 heterocycles. The molecule has 1 saturated heterocycles. The smallest absolute Gasteiger partial charge is 0.404 e. The van der Waals surface area contributed by atoms with Crippen molar-refractivity contribution < 1.29 is 47.8 Å². The van der Waals surface area contributed by atoms with Gasteiger partial charge in [0, 0.05) is 12.5 Å². The Morgan fingerprint density at radius 1 is 1.37 bits per heavy atom. The number of fused-ring (bicyclic) bond motifs is 1. The number of aliphatic carboxylic acids is 1. The summed E-state index contributed by atoms with van der Waals surface area (Å²) in [6, 6.07) is 1.85. The maximum Gasteiger partial charge on any atom is 0.404 e. The number of thioether (sulfide) groups is 1. The zero-order valence-electron chi connectivity index (χ0n) is 18.8. The molecule has 0 aromatic carbocycles. The summed E-state index contributed by atoms with van der Waals surface area (Å²) in [5.41, 5.74) is 4.35. The molecule has 1 fully saturated rings. The van der Waals surface area contributed by atoms with E-state index in [1.54, 1.807) is 0 Å². The molecule has 4 atom stereocenters. The second-order valence-electron chi connectivity index (χ2n) is 7.31. The molecule has 2 aliphatic rings. The van der Waals surface area contributed by atoms with Crippen molar-refractivity contribution in [2.45, 2.75) is 36.6 Å². The number of carbonyl (C=O) groups excluding carboxylic acids is 4. The van der Waals surface area contributed by atoms with E-state index in [4.69, 9.17) is 24.5 Å². The van der Waals surface area contributed by atoms with Gasteiger partial charge < -0.3 is 34.9 Å². The van der Waals surface area contributed by atoms with E-state index >= 15 is 0 Å². The van der Waals surface area contributed by atoms with E-state index in [0.717, 1.165) is 16.7 Å². The Morgan fingerprint density at radius 2 is 2.09 bits per heavy atom. The van der Waals surface area contributed by atoms with Crippen LogP contribution in [0.25, 0.3) is 0 Å². The number of carbonyl (C=O) groups is 5. The van der Waals surface area contributed by atoms with E-state index in [0.29, 0.717) is 0 Å². The first-order valence-corrected chi connectivity index (χ1v) is 11.0. The number of esters is 1. The molecule has 2 unspecified atom stereocenters. The van der Waals surface area contributed by atoms with E-state index in [2.05, 4.69) is 10.5 Å². The second-order valence-corrected chi connectivity index (χ2v) is 8.57. The largest absolute Gasteiger partial charge is 0.477 e. The zero-order chi connectivity index (χ0) is 25.9. The van der Waals surface area contributed by atoms with Crippen LogP contribution in [0, 0.1) is 0 Å². The normalized spacial score (nSPS) is 22.5. The fourth-order valence-electron chi connectivity index (χ4n) is 3.67. The van der Waals surface area contributed by atoms with Crippen molar-refractivity contribution in [2.75, 3.05) is 13.7 Å². The highest BCUT2D eigenvalue weighted by Crippen LogP contribution is 2.46. The third-order valence-corrected chi connectivity index (χ3v) is 6.73. The molecule has 0 saturated carbocycles.